The predicted molar refractivity (Wildman–Crippen MR) is 85.2 cm³/mol. The summed E-state index contributed by atoms with van der Waals surface area (Å²) < 4.78 is 21.7. The number of hydrogen-bond acceptors (Lipinski definition) is 3. The molecule has 3 nitrogen and oxygen atoms in total. The number of cyclic esters (lactones) is 1. The van der Waals surface area contributed by atoms with Crippen molar-refractivity contribution in [3.8, 4) is 0 Å². The molecule has 0 radical (unpaired) electrons. The highest BCUT2D eigenvalue weighted by molar-refractivity contribution is 9.10. The SMILES string of the molecule is O=C1O[C@H]([C@]2(F)CCc3ccc(Br)cc3C2=O)c2ccccc21. The monoisotopic (exact) mass is 374 g/mol. The summed E-state index contributed by atoms with van der Waals surface area (Å²) in [7, 11) is 0. The Bertz CT molecular complexity index is 848. The summed E-state index contributed by atoms with van der Waals surface area (Å²) in [4.78, 5) is 24.8. The molecule has 0 fully saturated rings. The Kier molecular flexibility index (Phi) is 3.17. The molecule has 116 valence electrons. The highest BCUT2D eigenvalue weighted by Gasteiger charge is 2.55. The van der Waals surface area contributed by atoms with Crippen LogP contribution in [0.25, 0.3) is 0 Å². The zero-order valence-corrected chi connectivity index (χ0v) is 13.6. The van der Waals surface area contributed by atoms with Gasteiger partial charge in [0.25, 0.3) is 0 Å². The Morgan fingerprint density at radius 3 is 2.74 bits per heavy atom. The summed E-state index contributed by atoms with van der Waals surface area (Å²) >= 11 is 3.31. The lowest BCUT2D eigenvalue weighted by Gasteiger charge is -2.33. The average molecular weight is 375 g/mol. The number of halogens is 2. The molecule has 0 aromatic heterocycles. The van der Waals surface area contributed by atoms with E-state index >= 15 is 4.39 Å². The van der Waals surface area contributed by atoms with Gasteiger partial charge in [-0.2, -0.15) is 0 Å². The molecule has 0 bridgehead atoms. The Morgan fingerprint density at radius 1 is 1.13 bits per heavy atom. The number of Topliss-reactive ketones (excluding diaryl/α,β-unsaturated/α-hetero) is 1. The number of esters is 1. The van der Waals surface area contributed by atoms with E-state index < -0.39 is 23.5 Å². The summed E-state index contributed by atoms with van der Waals surface area (Å²) in [5.74, 6) is -1.19. The lowest BCUT2D eigenvalue weighted by molar-refractivity contribution is -0.0226. The van der Waals surface area contributed by atoms with Gasteiger partial charge in [0.05, 0.1) is 5.56 Å². The van der Waals surface area contributed by atoms with Crippen molar-refractivity contribution in [2.45, 2.75) is 24.6 Å². The van der Waals surface area contributed by atoms with Crippen LogP contribution >= 0.6 is 15.9 Å². The summed E-state index contributed by atoms with van der Waals surface area (Å²) in [5.41, 5.74) is -0.262. The number of rotatable bonds is 1. The van der Waals surface area contributed by atoms with Gasteiger partial charge in [-0.1, -0.05) is 40.2 Å². The first kappa shape index (κ1) is 14.6. The number of ketones is 1. The van der Waals surface area contributed by atoms with Crippen LogP contribution < -0.4 is 0 Å². The first-order valence-electron chi connectivity index (χ1n) is 7.33. The van der Waals surface area contributed by atoms with E-state index in [1.807, 2.05) is 12.1 Å². The van der Waals surface area contributed by atoms with Crippen LogP contribution in [0.15, 0.2) is 46.9 Å². The molecule has 2 atom stereocenters. The van der Waals surface area contributed by atoms with Crippen molar-refractivity contribution in [2.75, 3.05) is 0 Å². The molecule has 1 aliphatic heterocycles. The van der Waals surface area contributed by atoms with Crippen molar-refractivity contribution in [1.82, 2.24) is 0 Å². The molecule has 2 aliphatic rings. The van der Waals surface area contributed by atoms with Crippen molar-refractivity contribution in [1.29, 1.82) is 0 Å². The Morgan fingerprint density at radius 2 is 1.91 bits per heavy atom. The van der Waals surface area contributed by atoms with Gasteiger partial charge >= 0.3 is 5.97 Å². The fourth-order valence-electron chi connectivity index (χ4n) is 3.37. The van der Waals surface area contributed by atoms with Crippen molar-refractivity contribution in [2.24, 2.45) is 0 Å². The second-order valence-electron chi connectivity index (χ2n) is 5.87. The molecular weight excluding hydrogens is 363 g/mol. The molecule has 1 heterocycles. The van der Waals surface area contributed by atoms with Crippen molar-refractivity contribution in [3.63, 3.8) is 0 Å². The summed E-state index contributed by atoms with van der Waals surface area (Å²) in [5, 5.41) is 0. The average Bonchev–Trinajstić information content (AvgIpc) is 2.90. The minimum atomic E-state index is -2.23. The van der Waals surface area contributed by atoms with Crippen LogP contribution in [0.4, 0.5) is 4.39 Å². The fraction of sp³-hybridized carbons (Fsp3) is 0.222. The molecule has 0 amide bonds. The largest absolute Gasteiger partial charge is 0.450 e. The fourth-order valence-corrected chi connectivity index (χ4v) is 3.73. The molecule has 23 heavy (non-hydrogen) atoms. The van der Waals surface area contributed by atoms with E-state index in [0.717, 1.165) is 10.0 Å². The van der Waals surface area contributed by atoms with Crippen LogP contribution in [0.1, 0.15) is 44.4 Å². The van der Waals surface area contributed by atoms with Gasteiger partial charge < -0.3 is 4.74 Å². The van der Waals surface area contributed by atoms with Crippen LogP contribution in [-0.2, 0) is 11.2 Å². The molecule has 0 saturated heterocycles. The maximum atomic E-state index is 15.7. The molecule has 2 aromatic carbocycles. The number of benzene rings is 2. The Balaban J connectivity index is 1.81. The number of carbonyl (C=O) groups is 2. The maximum Gasteiger partial charge on any atom is 0.339 e. The van der Waals surface area contributed by atoms with Gasteiger partial charge in [-0.05, 0) is 36.6 Å². The summed E-state index contributed by atoms with van der Waals surface area (Å²) in [6.45, 7) is 0. The number of carbonyl (C=O) groups excluding carboxylic acids is 2. The third kappa shape index (κ3) is 2.06. The lowest BCUT2D eigenvalue weighted by Crippen LogP contribution is -2.44. The van der Waals surface area contributed by atoms with E-state index in [4.69, 9.17) is 4.74 Å². The molecule has 0 spiro atoms. The van der Waals surface area contributed by atoms with Gasteiger partial charge in [0.15, 0.2) is 6.10 Å². The van der Waals surface area contributed by atoms with E-state index in [-0.39, 0.29) is 6.42 Å². The molecule has 0 N–H and O–H groups in total. The van der Waals surface area contributed by atoms with E-state index in [1.165, 1.54) is 0 Å². The minimum absolute atomic E-state index is 0.00669. The van der Waals surface area contributed by atoms with Crippen LogP contribution in [-0.4, -0.2) is 17.4 Å². The second kappa shape index (κ2) is 4.99. The standard InChI is InChI=1S/C18H12BrFO3/c19-11-6-5-10-7-8-18(20,15(21)14(10)9-11)16-12-3-1-2-4-13(12)17(22)23-16/h1-6,9,16H,7-8H2/t16-,18-/m0/s1. The van der Waals surface area contributed by atoms with Crippen molar-refractivity contribution < 1.29 is 18.7 Å². The van der Waals surface area contributed by atoms with Crippen molar-refractivity contribution in [3.05, 3.63) is 69.2 Å². The van der Waals surface area contributed by atoms with Gasteiger partial charge in [0, 0.05) is 15.6 Å². The van der Waals surface area contributed by atoms with Crippen LogP contribution in [0.3, 0.4) is 0 Å². The number of hydrogen-bond donors (Lipinski definition) is 0. The van der Waals surface area contributed by atoms with Crippen LogP contribution in [0.5, 0.6) is 0 Å². The first-order chi connectivity index (χ1) is 11.0. The number of fused-ring (bicyclic) bond motifs is 2. The highest BCUT2D eigenvalue weighted by Crippen LogP contribution is 2.47. The quantitative estimate of drug-likeness (QED) is 0.702. The molecule has 4 rings (SSSR count). The van der Waals surface area contributed by atoms with E-state index in [0.29, 0.717) is 23.1 Å². The van der Waals surface area contributed by atoms with Crippen LogP contribution in [0.2, 0.25) is 0 Å². The van der Waals surface area contributed by atoms with Gasteiger partial charge in [-0.3, -0.25) is 4.79 Å². The molecular formula is C18H12BrFO3. The Labute approximate surface area is 140 Å². The lowest BCUT2D eigenvalue weighted by atomic mass is 9.75. The van der Waals surface area contributed by atoms with Gasteiger partial charge in [-0.15, -0.1) is 0 Å². The number of alkyl halides is 1. The normalized spacial score (nSPS) is 25.7. The highest BCUT2D eigenvalue weighted by atomic mass is 79.9. The van der Waals surface area contributed by atoms with E-state index in [2.05, 4.69) is 15.9 Å². The van der Waals surface area contributed by atoms with Gasteiger partial charge in [0.2, 0.25) is 11.5 Å². The van der Waals surface area contributed by atoms with E-state index in [9.17, 15) is 9.59 Å². The predicted octanol–water partition coefficient (Wildman–Crippen LogP) is 4.20. The topological polar surface area (TPSA) is 43.4 Å². The number of ether oxygens (including phenoxy) is 1. The molecule has 0 saturated carbocycles. The Hall–Kier alpha value is -2.01. The van der Waals surface area contributed by atoms with E-state index in [1.54, 1.807) is 30.3 Å². The molecule has 2 aromatic rings. The third-order valence-corrected chi connectivity index (χ3v) is 5.05. The minimum Gasteiger partial charge on any atom is -0.450 e. The zero-order valence-electron chi connectivity index (χ0n) is 12.0. The van der Waals surface area contributed by atoms with Gasteiger partial charge in [-0.25, -0.2) is 9.18 Å². The molecule has 0 unspecified atom stereocenters. The second-order valence-corrected chi connectivity index (χ2v) is 6.78. The maximum absolute atomic E-state index is 15.7. The number of aryl methyl sites for hydroxylation is 1. The van der Waals surface area contributed by atoms with Crippen LogP contribution in [0, 0.1) is 0 Å². The van der Waals surface area contributed by atoms with Gasteiger partial charge in [0.1, 0.15) is 0 Å². The zero-order chi connectivity index (χ0) is 16.2. The first-order valence-corrected chi connectivity index (χ1v) is 8.12. The summed E-state index contributed by atoms with van der Waals surface area (Å²) in [6, 6.07) is 12.0. The van der Waals surface area contributed by atoms with Crippen molar-refractivity contribution >= 4 is 27.7 Å². The smallest absolute Gasteiger partial charge is 0.339 e. The summed E-state index contributed by atoms with van der Waals surface area (Å²) in [6.07, 6.45) is -0.737. The molecule has 5 heteroatoms. The molecule has 1 aliphatic carbocycles. The third-order valence-electron chi connectivity index (χ3n) is 4.56.